The molecule has 2 aliphatic carbocycles. The summed E-state index contributed by atoms with van der Waals surface area (Å²) in [5, 5.41) is 11.2. The Hall–Kier alpha value is -2.12. The Bertz CT molecular complexity index is 1060. The fourth-order valence-corrected chi connectivity index (χ4v) is 5.51. The highest BCUT2D eigenvalue weighted by Crippen LogP contribution is 2.56. The third-order valence-electron chi connectivity index (χ3n) is 6.97. The summed E-state index contributed by atoms with van der Waals surface area (Å²) in [5.74, 6) is 0.297. The zero-order valence-corrected chi connectivity index (χ0v) is 19.4. The van der Waals surface area contributed by atoms with Crippen LogP contribution in [0.3, 0.4) is 0 Å². The lowest BCUT2D eigenvalue weighted by molar-refractivity contribution is -0.274. The van der Waals surface area contributed by atoms with Crippen LogP contribution in [0.15, 0.2) is 24.3 Å². The first kappa shape index (κ1) is 22.7. The Balaban J connectivity index is 1.63. The molecule has 5 rings (SSSR count). The van der Waals surface area contributed by atoms with Crippen molar-refractivity contribution in [3.63, 3.8) is 0 Å². The molecule has 3 aliphatic rings. The van der Waals surface area contributed by atoms with E-state index in [0.717, 1.165) is 47.3 Å². The van der Waals surface area contributed by atoms with Crippen LogP contribution in [0.25, 0.3) is 0 Å². The summed E-state index contributed by atoms with van der Waals surface area (Å²) >= 11 is 0. The van der Waals surface area contributed by atoms with Gasteiger partial charge in [0.15, 0.2) is 0 Å². The molecule has 3 atom stereocenters. The van der Waals surface area contributed by atoms with Crippen molar-refractivity contribution in [2.45, 2.75) is 84.0 Å². The van der Waals surface area contributed by atoms with Crippen molar-refractivity contribution in [3.8, 4) is 5.75 Å². The van der Waals surface area contributed by atoms with E-state index < -0.39 is 18.6 Å². The largest absolute Gasteiger partial charge is 0.573 e. The number of aliphatic hydroxyl groups excluding tert-OH is 1. The number of aliphatic hydroxyl groups is 1. The van der Waals surface area contributed by atoms with Crippen molar-refractivity contribution in [1.29, 1.82) is 0 Å². The maximum Gasteiger partial charge on any atom is 0.573 e. The van der Waals surface area contributed by atoms with Gasteiger partial charge in [-0.2, -0.15) is 0 Å². The van der Waals surface area contributed by atoms with Crippen LogP contribution in [0.1, 0.15) is 105 Å². The second-order valence-corrected chi connectivity index (χ2v) is 10.8. The molecule has 0 unspecified atom stereocenters. The number of nitrogens with zero attached hydrogens (tertiary/aromatic N) is 1. The zero-order valence-electron chi connectivity index (χ0n) is 19.4. The van der Waals surface area contributed by atoms with E-state index in [0.29, 0.717) is 12.3 Å². The van der Waals surface area contributed by atoms with Gasteiger partial charge in [-0.1, -0.05) is 39.8 Å². The zero-order chi connectivity index (χ0) is 23.7. The van der Waals surface area contributed by atoms with Crippen LogP contribution in [0, 0.1) is 11.3 Å². The van der Waals surface area contributed by atoms with Gasteiger partial charge < -0.3 is 14.6 Å². The van der Waals surface area contributed by atoms with E-state index in [2.05, 4.69) is 32.4 Å². The number of alkyl halides is 3. The number of pyridine rings is 1. The lowest BCUT2D eigenvalue weighted by atomic mass is 9.72. The highest BCUT2D eigenvalue weighted by Gasteiger charge is 2.46. The van der Waals surface area contributed by atoms with Crippen molar-refractivity contribution in [3.05, 3.63) is 57.9 Å². The summed E-state index contributed by atoms with van der Waals surface area (Å²) in [4.78, 5) is 5.10. The molecule has 0 radical (unpaired) electrons. The van der Waals surface area contributed by atoms with Crippen LogP contribution in [0.4, 0.5) is 13.2 Å². The van der Waals surface area contributed by atoms with E-state index in [9.17, 15) is 18.3 Å². The number of aromatic nitrogens is 1. The van der Waals surface area contributed by atoms with E-state index in [4.69, 9.17) is 9.72 Å². The molecule has 2 heterocycles. The third kappa shape index (κ3) is 4.26. The van der Waals surface area contributed by atoms with Gasteiger partial charge in [-0.3, -0.25) is 4.98 Å². The Kier molecular flexibility index (Phi) is 5.29. The van der Waals surface area contributed by atoms with Crippen LogP contribution < -0.4 is 4.74 Å². The maximum absolute atomic E-state index is 12.6. The van der Waals surface area contributed by atoms with E-state index in [1.807, 2.05) is 0 Å². The fraction of sp³-hybridized carbons (Fsp3) is 0.577. The van der Waals surface area contributed by atoms with Crippen molar-refractivity contribution in [1.82, 2.24) is 4.98 Å². The fourth-order valence-electron chi connectivity index (χ4n) is 5.51. The molecule has 0 saturated heterocycles. The van der Waals surface area contributed by atoms with Crippen LogP contribution >= 0.6 is 0 Å². The predicted molar refractivity (Wildman–Crippen MR) is 117 cm³/mol. The molecule has 33 heavy (non-hydrogen) atoms. The molecule has 7 heteroatoms. The Morgan fingerprint density at radius 2 is 1.76 bits per heavy atom. The lowest BCUT2D eigenvalue weighted by Crippen LogP contribution is -2.29. The summed E-state index contributed by atoms with van der Waals surface area (Å²) < 4.78 is 48.4. The number of hydrogen-bond acceptors (Lipinski definition) is 4. The average Bonchev–Trinajstić information content (AvgIpc) is 3.45. The SMILES string of the molecule is CC(C)[C@@H]1O[C@H](c2ccc(OC(F)(F)F)cc2)c2c1nc1c(c2C2CC2)[C@@H](O)CC(C)(C)C1. The van der Waals surface area contributed by atoms with Crippen molar-refractivity contribution < 1.29 is 27.8 Å². The number of halogens is 3. The Labute approximate surface area is 192 Å². The van der Waals surface area contributed by atoms with Crippen molar-refractivity contribution in [2.24, 2.45) is 11.3 Å². The first-order valence-electron chi connectivity index (χ1n) is 11.7. The van der Waals surface area contributed by atoms with E-state index in [1.165, 1.54) is 17.7 Å². The molecule has 1 N–H and O–H groups in total. The number of hydrogen-bond donors (Lipinski definition) is 1. The predicted octanol–water partition coefficient (Wildman–Crippen LogP) is 6.68. The van der Waals surface area contributed by atoms with Gasteiger partial charge in [0.25, 0.3) is 0 Å². The van der Waals surface area contributed by atoms with E-state index in [-0.39, 0.29) is 23.2 Å². The summed E-state index contributed by atoms with van der Waals surface area (Å²) in [6.45, 7) is 8.50. The maximum atomic E-state index is 12.6. The number of fused-ring (bicyclic) bond motifs is 2. The first-order valence-corrected chi connectivity index (χ1v) is 11.7. The minimum atomic E-state index is -4.73. The molecule has 4 nitrogen and oxygen atoms in total. The second kappa shape index (κ2) is 7.70. The van der Waals surface area contributed by atoms with Gasteiger partial charge in [0.05, 0.1) is 11.8 Å². The summed E-state index contributed by atoms with van der Waals surface area (Å²) in [6.07, 6.45) is -2.31. The van der Waals surface area contributed by atoms with E-state index in [1.54, 1.807) is 12.1 Å². The number of ether oxygens (including phenoxy) is 2. The quantitative estimate of drug-likeness (QED) is 0.552. The Morgan fingerprint density at radius 1 is 1.09 bits per heavy atom. The molecule has 2 aromatic rings. The minimum Gasteiger partial charge on any atom is -0.406 e. The van der Waals surface area contributed by atoms with Gasteiger partial charge in [0, 0.05) is 16.8 Å². The minimum absolute atomic E-state index is 0.0328. The van der Waals surface area contributed by atoms with Gasteiger partial charge in [0.1, 0.15) is 18.0 Å². The molecule has 1 aliphatic heterocycles. The second-order valence-electron chi connectivity index (χ2n) is 10.8. The molecule has 1 aromatic carbocycles. The molecule has 1 aromatic heterocycles. The smallest absolute Gasteiger partial charge is 0.406 e. The molecule has 1 fully saturated rings. The molecular weight excluding hydrogens is 431 g/mol. The van der Waals surface area contributed by atoms with Gasteiger partial charge in [0.2, 0.25) is 0 Å². The highest BCUT2D eigenvalue weighted by molar-refractivity contribution is 5.53. The van der Waals surface area contributed by atoms with Gasteiger partial charge >= 0.3 is 6.36 Å². The molecule has 0 amide bonds. The molecule has 0 spiro atoms. The molecule has 0 bridgehead atoms. The average molecular weight is 462 g/mol. The van der Waals surface area contributed by atoms with E-state index >= 15 is 0 Å². The normalized spacial score (nSPS) is 26.3. The van der Waals surface area contributed by atoms with Crippen LogP contribution in [0.5, 0.6) is 5.75 Å². The summed E-state index contributed by atoms with van der Waals surface area (Å²) in [5.41, 5.74) is 5.78. The third-order valence-corrected chi connectivity index (χ3v) is 6.97. The topological polar surface area (TPSA) is 51.6 Å². The molecular formula is C26H30F3NO3. The van der Waals surface area contributed by atoms with Gasteiger partial charge in [-0.15, -0.1) is 13.2 Å². The van der Waals surface area contributed by atoms with Crippen LogP contribution in [-0.4, -0.2) is 16.5 Å². The summed E-state index contributed by atoms with van der Waals surface area (Å²) in [7, 11) is 0. The number of benzene rings is 1. The Morgan fingerprint density at radius 3 is 2.33 bits per heavy atom. The van der Waals surface area contributed by atoms with Gasteiger partial charge in [-0.25, -0.2) is 0 Å². The lowest BCUT2D eigenvalue weighted by Gasteiger charge is -2.36. The van der Waals surface area contributed by atoms with Gasteiger partial charge in [-0.05, 0) is 66.2 Å². The number of rotatable bonds is 4. The molecule has 178 valence electrons. The molecule has 1 saturated carbocycles. The monoisotopic (exact) mass is 461 g/mol. The van der Waals surface area contributed by atoms with Crippen molar-refractivity contribution in [2.75, 3.05) is 0 Å². The highest BCUT2D eigenvalue weighted by atomic mass is 19.4. The van der Waals surface area contributed by atoms with Crippen LogP contribution in [-0.2, 0) is 11.2 Å². The van der Waals surface area contributed by atoms with Crippen LogP contribution in [0.2, 0.25) is 0 Å². The van der Waals surface area contributed by atoms with Crippen molar-refractivity contribution >= 4 is 0 Å². The summed E-state index contributed by atoms with van der Waals surface area (Å²) in [6, 6.07) is 5.92. The standard InChI is InChI=1S/C26H30F3NO3/c1-13(2)23-22-21(24(32-23)15-7-9-16(10-8-15)33-26(27,28)29)19(14-5-6-14)20-17(30-22)11-25(3,4)12-18(20)31/h7-10,13-14,18,23-24,31H,5-6,11-12H2,1-4H3/t18-,23-,24+/m0/s1. The first-order chi connectivity index (χ1) is 15.4.